The van der Waals surface area contributed by atoms with Crippen molar-refractivity contribution < 1.29 is 9.84 Å². The summed E-state index contributed by atoms with van der Waals surface area (Å²) in [6.45, 7) is 0.116. The highest BCUT2D eigenvalue weighted by molar-refractivity contribution is 7.99. The van der Waals surface area contributed by atoms with Gasteiger partial charge in [-0.1, -0.05) is 23.4 Å². The molecule has 2 aromatic heterocycles. The van der Waals surface area contributed by atoms with E-state index in [0.29, 0.717) is 33.1 Å². The van der Waals surface area contributed by atoms with Crippen molar-refractivity contribution in [2.45, 2.75) is 11.3 Å². The monoisotopic (exact) mass is 463 g/mol. The Bertz CT molecular complexity index is 1210. The standard InChI is InChI=1S/C23H18ClN5O2S/c24-18-3-5-19(6-4-18)29-22(17-9-11-26-12-10-17)27-28-23(29)32-15-20(30)14-31-21-7-1-16(13-25)2-8-21/h1-12,20,30H,14-15H2. The van der Waals surface area contributed by atoms with E-state index in [4.69, 9.17) is 21.6 Å². The molecule has 0 aliphatic heterocycles. The summed E-state index contributed by atoms with van der Waals surface area (Å²) < 4.78 is 7.54. The Kier molecular flexibility index (Phi) is 7.02. The number of hydrogen-bond acceptors (Lipinski definition) is 7. The topological polar surface area (TPSA) is 96.8 Å². The van der Waals surface area contributed by atoms with Crippen LogP contribution in [-0.2, 0) is 0 Å². The lowest BCUT2D eigenvalue weighted by Crippen LogP contribution is -2.20. The first-order chi connectivity index (χ1) is 15.6. The first-order valence-corrected chi connectivity index (χ1v) is 11.1. The zero-order valence-electron chi connectivity index (χ0n) is 16.8. The predicted molar refractivity (Wildman–Crippen MR) is 123 cm³/mol. The first-order valence-electron chi connectivity index (χ1n) is 9.69. The van der Waals surface area contributed by atoms with E-state index in [2.05, 4.69) is 21.3 Å². The number of rotatable bonds is 8. The summed E-state index contributed by atoms with van der Waals surface area (Å²) in [6.07, 6.45) is 2.68. The molecular weight excluding hydrogens is 446 g/mol. The third-order valence-corrected chi connectivity index (χ3v) is 5.81. The van der Waals surface area contributed by atoms with Crippen LogP contribution in [0.5, 0.6) is 5.75 Å². The molecule has 0 amide bonds. The van der Waals surface area contributed by atoms with Crippen LogP contribution in [0, 0.1) is 11.3 Å². The number of benzene rings is 2. The van der Waals surface area contributed by atoms with E-state index >= 15 is 0 Å². The maximum absolute atomic E-state index is 10.4. The van der Waals surface area contributed by atoms with Crippen molar-refractivity contribution in [1.82, 2.24) is 19.7 Å². The SMILES string of the molecule is N#Cc1ccc(OCC(O)CSc2nnc(-c3ccncc3)n2-c2ccc(Cl)cc2)cc1. The summed E-state index contributed by atoms with van der Waals surface area (Å²) in [4.78, 5) is 4.06. The van der Waals surface area contributed by atoms with Crippen LogP contribution in [-0.4, -0.2) is 43.3 Å². The van der Waals surface area contributed by atoms with Gasteiger partial charge in [0.05, 0.1) is 17.7 Å². The van der Waals surface area contributed by atoms with Gasteiger partial charge in [-0.2, -0.15) is 5.26 Å². The molecule has 4 rings (SSSR count). The minimum atomic E-state index is -0.726. The summed E-state index contributed by atoms with van der Waals surface area (Å²) in [6, 6.07) is 19.9. The van der Waals surface area contributed by atoms with Crippen LogP contribution in [0.25, 0.3) is 17.1 Å². The van der Waals surface area contributed by atoms with Crippen molar-refractivity contribution in [3.8, 4) is 28.9 Å². The molecule has 1 unspecified atom stereocenters. The van der Waals surface area contributed by atoms with E-state index in [0.717, 1.165) is 11.3 Å². The number of aromatic nitrogens is 4. The molecule has 32 heavy (non-hydrogen) atoms. The van der Waals surface area contributed by atoms with Crippen molar-refractivity contribution in [2.24, 2.45) is 0 Å². The van der Waals surface area contributed by atoms with Gasteiger partial charge in [0, 0.05) is 34.4 Å². The molecule has 0 spiro atoms. The predicted octanol–water partition coefficient (Wildman–Crippen LogP) is 4.39. The van der Waals surface area contributed by atoms with Crippen molar-refractivity contribution in [3.63, 3.8) is 0 Å². The van der Waals surface area contributed by atoms with Gasteiger partial charge in [0.2, 0.25) is 0 Å². The minimum Gasteiger partial charge on any atom is -0.491 e. The summed E-state index contributed by atoms with van der Waals surface area (Å²) in [5.74, 6) is 1.62. The highest BCUT2D eigenvalue weighted by Gasteiger charge is 2.18. The maximum Gasteiger partial charge on any atom is 0.196 e. The van der Waals surface area contributed by atoms with Crippen LogP contribution in [0.15, 0.2) is 78.2 Å². The molecule has 1 atom stereocenters. The van der Waals surface area contributed by atoms with E-state index in [1.165, 1.54) is 11.8 Å². The number of aliphatic hydroxyl groups is 1. The number of nitriles is 1. The second-order valence-electron chi connectivity index (χ2n) is 6.77. The van der Waals surface area contributed by atoms with E-state index in [1.54, 1.807) is 36.7 Å². The molecule has 4 aromatic rings. The molecule has 0 saturated carbocycles. The Labute approximate surface area is 194 Å². The fraction of sp³-hybridized carbons (Fsp3) is 0.130. The van der Waals surface area contributed by atoms with Crippen LogP contribution < -0.4 is 4.74 Å². The number of ether oxygens (including phenoxy) is 1. The zero-order chi connectivity index (χ0) is 22.3. The molecule has 7 nitrogen and oxygen atoms in total. The van der Waals surface area contributed by atoms with E-state index in [1.807, 2.05) is 41.0 Å². The van der Waals surface area contributed by atoms with Gasteiger partial charge in [0.25, 0.3) is 0 Å². The number of aliphatic hydroxyl groups excluding tert-OH is 1. The third-order valence-electron chi connectivity index (χ3n) is 4.49. The lowest BCUT2D eigenvalue weighted by Gasteiger charge is -2.13. The molecular formula is C23H18ClN5O2S. The van der Waals surface area contributed by atoms with Crippen molar-refractivity contribution >= 4 is 23.4 Å². The lowest BCUT2D eigenvalue weighted by molar-refractivity contribution is 0.126. The third kappa shape index (κ3) is 5.26. The maximum atomic E-state index is 10.4. The van der Waals surface area contributed by atoms with Crippen LogP contribution in [0.2, 0.25) is 5.02 Å². The van der Waals surface area contributed by atoms with Crippen molar-refractivity contribution in [2.75, 3.05) is 12.4 Å². The second kappa shape index (κ2) is 10.3. The summed E-state index contributed by atoms with van der Waals surface area (Å²) in [7, 11) is 0. The molecule has 9 heteroatoms. The van der Waals surface area contributed by atoms with E-state index in [-0.39, 0.29) is 6.61 Å². The van der Waals surface area contributed by atoms with E-state index < -0.39 is 6.10 Å². The molecule has 0 aliphatic rings. The molecule has 2 aromatic carbocycles. The molecule has 0 bridgehead atoms. The Morgan fingerprint density at radius 2 is 1.75 bits per heavy atom. The second-order valence-corrected chi connectivity index (χ2v) is 8.19. The van der Waals surface area contributed by atoms with Gasteiger partial charge < -0.3 is 9.84 Å². The average molecular weight is 464 g/mol. The van der Waals surface area contributed by atoms with Gasteiger partial charge in [-0.25, -0.2) is 0 Å². The highest BCUT2D eigenvalue weighted by atomic mass is 35.5. The summed E-state index contributed by atoms with van der Waals surface area (Å²) in [5, 5.41) is 29.3. The molecule has 0 aliphatic carbocycles. The fourth-order valence-corrected chi connectivity index (χ4v) is 3.89. The number of pyridine rings is 1. The molecule has 2 heterocycles. The Morgan fingerprint density at radius 3 is 2.44 bits per heavy atom. The highest BCUT2D eigenvalue weighted by Crippen LogP contribution is 2.28. The van der Waals surface area contributed by atoms with Gasteiger partial charge >= 0.3 is 0 Å². The zero-order valence-corrected chi connectivity index (χ0v) is 18.4. The van der Waals surface area contributed by atoms with Crippen LogP contribution >= 0.6 is 23.4 Å². The Hall–Kier alpha value is -3.38. The lowest BCUT2D eigenvalue weighted by atomic mass is 10.2. The molecule has 0 radical (unpaired) electrons. The molecule has 160 valence electrons. The number of hydrogen-bond donors (Lipinski definition) is 1. The van der Waals surface area contributed by atoms with Gasteiger partial charge in [-0.05, 0) is 60.7 Å². The van der Waals surface area contributed by atoms with Crippen LogP contribution in [0.1, 0.15) is 5.56 Å². The van der Waals surface area contributed by atoms with Crippen molar-refractivity contribution in [1.29, 1.82) is 5.26 Å². The van der Waals surface area contributed by atoms with Gasteiger partial charge in [-0.3, -0.25) is 9.55 Å². The largest absolute Gasteiger partial charge is 0.491 e. The van der Waals surface area contributed by atoms with Crippen molar-refractivity contribution in [3.05, 3.63) is 83.6 Å². The van der Waals surface area contributed by atoms with Crippen LogP contribution in [0.4, 0.5) is 0 Å². The number of thioether (sulfide) groups is 1. The smallest absolute Gasteiger partial charge is 0.196 e. The minimum absolute atomic E-state index is 0.116. The van der Waals surface area contributed by atoms with Gasteiger partial charge in [0.1, 0.15) is 12.4 Å². The first kappa shape index (κ1) is 21.8. The normalized spacial score (nSPS) is 11.7. The van der Waals surface area contributed by atoms with E-state index in [9.17, 15) is 5.11 Å². The Morgan fingerprint density at radius 1 is 1.03 bits per heavy atom. The van der Waals surface area contributed by atoms with Gasteiger partial charge in [-0.15, -0.1) is 10.2 Å². The van der Waals surface area contributed by atoms with Crippen LogP contribution in [0.3, 0.4) is 0 Å². The average Bonchev–Trinajstić information content (AvgIpc) is 3.27. The summed E-state index contributed by atoms with van der Waals surface area (Å²) >= 11 is 7.44. The molecule has 0 fully saturated rings. The molecule has 0 saturated heterocycles. The number of nitrogens with zero attached hydrogens (tertiary/aromatic N) is 5. The molecule has 1 N–H and O–H groups in total. The van der Waals surface area contributed by atoms with Gasteiger partial charge in [0.15, 0.2) is 11.0 Å². The summed E-state index contributed by atoms with van der Waals surface area (Å²) in [5.41, 5.74) is 2.29. The number of halogens is 1. The fourth-order valence-electron chi connectivity index (χ4n) is 2.91. The quantitative estimate of drug-likeness (QED) is 0.387. The Balaban J connectivity index is 1.48.